The summed E-state index contributed by atoms with van der Waals surface area (Å²) in [5, 5.41) is 10.6. The minimum atomic E-state index is -0.704. The molecule has 1 atom stereocenters. The van der Waals surface area contributed by atoms with Gasteiger partial charge in [0.25, 0.3) is 0 Å². The molecule has 1 heterocycles. The number of esters is 1. The molecule has 0 amide bonds. The highest BCUT2D eigenvalue weighted by molar-refractivity contribution is 8.76. The van der Waals surface area contributed by atoms with E-state index in [1.165, 1.54) is 69.5 Å². The van der Waals surface area contributed by atoms with Crippen LogP contribution in [0.25, 0.3) is 0 Å². The number of rotatable bonds is 20. The van der Waals surface area contributed by atoms with E-state index in [4.69, 9.17) is 17.0 Å². The predicted molar refractivity (Wildman–Crippen MR) is 161 cm³/mol. The Kier molecular flexibility index (Phi) is 20.2. The maximum Gasteiger partial charge on any atom is 0.305 e. The monoisotopic (exact) mass is 572 g/mol. The standard InChI is InChI=1S/C26H40N2O2S5/c1-3-4-5-6-7-8-9-10-11-14-20-32-25(31)34-26(2,22-27)17-16-24(29)30-19-21-33-35-23-15-12-13-18-28-23/h12-13,15,18H,3-11,14,16-17,19-21H2,1-2H3. The van der Waals surface area contributed by atoms with Crippen LogP contribution in [0.5, 0.6) is 0 Å². The number of pyridine rings is 1. The first-order valence-electron chi connectivity index (χ1n) is 12.6. The van der Waals surface area contributed by atoms with Gasteiger partial charge in [-0.1, -0.05) is 106 Å². The average molecular weight is 573 g/mol. The van der Waals surface area contributed by atoms with Gasteiger partial charge in [0.2, 0.25) is 0 Å². The van der Waals surface area contributed by atoms with E-state index in [1.54, 1.807) is 39.5 Å². The number of thiocarbonyl (C=S) groups is 1. The van der Waals surface area contributed by atoms with Crippen LogP contribution in [0.3, 0.4) is 0 Å². The van der Waals surface area contributed by atoms with E-state index in [2.05, 4.69) is 18.0 Å². The van der Waals surface area contributed by atoms with Crippen molar-refractivity contribution in [1.29, 1.82) is 5.26 Å². The second-order valence-electron chi connectivity index (χ2n) is 8.52. The van der Waals surface area contributed by atoms with Gasteiger partial charge in [-0.15, -0.1) is 11.8 Å². The molecule has 0 saturated heterocycles. The number of hydrogen-bond donors (Lipinski definition) is 0. The number of aromatic nitrogens is 1. The summed E-state index contributed by atoms with van der Waals surface area (Å²) < 4.78 is 5.41. The zero-order valence-corrected chi connectivity index (χ0v) is 25.3. The molecule has 1 aromatic heterocycles. The molecular formula is C26H40N2O2S5. The van der Waals surface area contributed by atoms with Crippen molar-refractivity contribution >= 4 is 66.8 Å². The Labute approximate surface area is 234 Å². The van der Waals surface area contributed by atoms with Gasteiger partial charge in [-0.25, -0.2) is 4.98 Å². The first-order valence-corrected chi connectivity index (χ1v) is 17.1. The SMILES string of the molecule is CCCCCCCCCCCCSC(=S)SC(C)(C#N)CCC(=O)OCCSSc1ccccn1. The molecule has 0 bridgehead atoms. The van der Waals surface area contributed by atoms with Crippen LogP contribution in [-0.4, -0.2) is 37.3 Å². The van der Waals surface area contributed by atoms with Gasteiger partial charge in [0, 0.05) is 18.4 Å². The number of hydrogen-bond acceptors (Lipinski definition) is 9. The topological polar surface area (TPSA) is 63.0 Å². The molecule has 0 N–H and O–H groups in total. The van der Waals surface area contributed by atoms with Crippen LogP contribution in [0.1, 0.15) is 90.9 Å². The van der Waals surface area contributed by atoms with Gasteiger partial charge in [-0.3, -0.25) is 4.79 Å². The molecule has 196 valence electrons. The molecule has 0 saturated carbocycles. The Morgan fingerprint density at radius 2 is 1.77 bits per heavy atom. The van der Waals surface area contributed by atoms with Crippen molar-refractivity contribution in [3.05, 3.63) is 24.4 Å². The minimum absolute atomic E-state index is 0.223. The zero-order chi connectivity index (χ0) is 25.6. The largest absolute Gasteiger partial charge is 0.465 e. The van der Waals surface area contributed by atoms with Gasteiger partial charge in [0.15, 0.2) is 0 Å². The Hall–Kier alpha value is -0.400. The fourth-order valence-corrected chi connectivity index (χ4v) is 7.87. The normalized spacial score (nSPS) is 12.6. The first-order chi connectivity index (χ1) is 17.0. The molecule has 0 aliphatic heterocycles. The van der Waals surface area contributed by atoms with Gasteiger partial charge in [-0.2, -0.15) is 5.26 Å². The Morgan fingerprint density at radius 3 is 2.40 bits per heavy atom. The number of nitriles is 1. The van der Waals surface area contributed by atoms with Gasteiger partial charge in [0.1, 0.15) is 19.9 Å². The van der Waals surface area contributed by atoms with Gasteiger partial charge in [-0.05, 0) is 48.4 Å². The molecule has 1 rings (SSSR count). The highest BCUT2D eigenvalue weighted by Gasteiger charge is 2.28. The lowest BCUT2D eigenvalue weighted by Gasteiger charge is -2.20. The van der Waals surface area contributed by atoms with Crippen LogP contribution in [0.15, 0.2) is 29.4 Å². The van der Waals surface area contributed by atoms with E-state index >= 15 is 0 Å². The van der Waals surface area contributed by atoms with Gasteiger partial charge in [0.05, 0.1) is 6.07 Å². The van der Waals surface area contributed by atoms with E-state index in [1.807, 2.05) is 25.1 Å². The van der Waals surface area contributed by atoms with Crippen LogP contribution in [0, 0.1) is 11.3 Å². The summed E-state index contributed by atoms with van der Waals surface area (Å²) in [5.74, 6) is 1.43. The Bertz CT molecular complexity index is 745. The van der Waals surface area contributed by atoms with Crippen molar-refractivity contribution in [3.8, 4) is 6.07 Å². The highest BCUT2D eigenvalue weighted by Crippen LogP contribution is 2.35. The number of unbranched alkanes of at least 4 members (excludes halogenated alkanes) is 9. The van der Waals surface area contributed by atoms with E-state index in [0.29, 0.717) is 18.8 Å². The predicted octanol–water partition coefficient (Wildman–Crippen LogP) is 9.10. The summed E-state index contributed by atoms with van der Waals surface area (Å²) in [6, 6.07) is 8.12. The summed E-state index contributed by atoms with van der Waals surface area (Å²) in [7, 11) is 3.17. The van der Waals surface area contributed by atoms with Crippen LogP contribution >= 0.6 is 57.3 Å². The maximum absolute atomic E-state index is 12.1. The molecule has 4 nitrogen and oxygen atoms in total. The van der Waals surface area contributed by atoms with Gasteiger partial charge >= 0.3 is 5.97 Å². The molecule has 35 heavy (non-hydrogen) atoms. The van der Waals surface area contributed by atoms with Crippen molar-refractivity contribution in [1.82, 2.24) is 4.98 Å². The molecule has 0 aliphatic rings. The second-order valence-corrected chi connectivity index (χ2v) is 14.8. The quantitative estimate of drug-likeness (QED) is 0.0658. The van der Waals surface area contributed by atoms with Crippen molar-refractivity contribution in [3.63, 3.8) is 0 Å². The van der Waals surface area contributed by atoms with Crippen LogP contribution in [-0.2, 0) is 9.53 Å². The molecule has 9 heteroatoms. The van der Waals surface area contributed by atoms with Gasteiger partial charge < -0.3 is 4.74 Å². The number of ether oxygens (including phenoxy) is 1. The fraction of sp³-hybridized carbons (Fsp3) is 0.692. The van der Waals surface area contributed by atoms with Crippen molar-refractivity contribution in [2.45, 2.75) is 101 Å². The lowest BCUT2D eigenvalue weighted by Crippen LogP contribution is -2.21. The Morgan fingerprint density at radius 1 is 1.09 bits per heavy atom. The molecule has 0 fully saturated rings. The van der Waals surface area contributed by atoms with Crippen molar-refractivity contribution in [2.75, 3.05) is 18.1 Å². The van der Waals surface area contributed by atoms with Crippen LogP contribution in [0.2, 0.25) is 0 Å². The lowest BCUT2D eigenvalue weighted by molar-refractivity contribution is -0.143. The number of carbonyl (C=O) groups excluding carboxylic acids is 1. The fourth-order valence-electron chi connectivity index (χ4n) is 3.19. The summed E-state index contributed by atoms with van der Waals surface area (Å²) in [6.45, 7) is 4.47. The summed E-state index contributed by atoms with van der Waals surface area (Å²) in [4.78, 5) is 16.3. The second kappa shape index (κ2) is 21.7. The molecule has 1 aromatic rings. The number of carbonyl (C=O) groups is 1. The van der Waals surface area contributed by atoms with E-state index in [0.717, 1.165) is 20.7 Å². The molecule has 0 radical (unpaired) electrons. The van der Waals surface area contributed by atoms with E-state index in [9.17, 15) is 10.1 Å². The van der Waals surface area contributed by atoms with Crippen molar-refractivity contribution < 1.29 is 9.53 Å². The van der Waals surface area contributed by atoms with E-state index in [-0.39, 0.29) is 12.4 Å². The molecule has 0 aliphatic carbocycles. The first kappa shape index (κ1) is 32.6. The molecule has 1 unspecified atom stereocenters. The van der Waals surface area contributed by atoms with Crippen LogP contribution < -0.4 is 0 Å². The summed E-state index contributed by atoms with van der Waals surface area (Å²) >= 11 is 8.58. The van der Waals surface area contributed by atoms with Crippen molar-refractivity contribution in [2.24, 2.45) is 0 Å². The summed E-state index contributed by atoms with van der Waals surface area (Å²) in [6.07, 6.45) is 15.6. The minimum Gasteiger partial charge on any atom is -0.465 e. The molecule has 0 spiro atoms. The number of thioether (sulfide) groups is 2. The third-order valence-electron chi connectivity index (χ3n) is 5.28. The summed E-state index contributed by atoms with van der Waals surface area (Å²) in [5.41, 5.74) is 0. The third kappa shape index (κ3) is 18.5. The van der Waals surface area contributed by atoms with Crippen LogP contribution in [0.4, 0.5) is 0 Å². The average Bonchev–Trinajstić information content (AvgIpc) is 2.86. The lowest BCUT2D eigenvalue weighted by atomic mass is 10.1. The van der Waals surface area contributed by atoms with E-state index < -0.39 is 4.75 Å². The molecule has 0 aromatic carbocycles. The third-order valence-corrected chi connectivity index (χ3v) is 10.4. The maximum atomic E-state index is 12.1. The number of nitrogens with zero attached hydrogens (tertiary/aromatic N) is 2. The molecular weight excluding hydrogens is 533 g/mol. The Balaban J connectivity index is 2.07. The zero-order valence-electron chi connectivity index (χ0n) is 21.2. The smallest absolute Gasteiger partial charge is 0.305 e. The highest BCUT2D eigenvalue weighted by atomic mass is 33.1.